The van der Waals surface area contributed by atoms with Gasteiger partial charge in [0.15, 0.2) is 0 Å². The number of likely N-dealkylation sites (tertiary alicyclic amines) is 1. The lowest BCUT2D eigenvalue weighted by molar-refractivity contribution is -0.136. The summed E-state index contributed by atoms with van der Waals surface area (Å²) in [5, 5.41) is 11.3. The van der Waals surface area contributed by atoms with E-state index >= 15 is 0 Å². The van der Waals surface area contributed by atoms with Gasteiger partial charge in [0, 0.05) is 56.3 Å². The Labute approximate surface area is 192 Å². The first-order valence-corrected chi connectivity index (χ1v) is 11.7. The number of aromatic nitrogens is 1. The first-order valence-electron chi connectivity index (χ1n) is 11.7. The molecule has 4 rings (SSSR count). The highest BCUT2D eigenvalue weighted by atomic mass is 19.4. The largest absolute Gasteiger partial charge is 0.418 e. The molecule has 1 aromatic heterocycles. The third-order valence-electron chi connectivity index (χ3n) is 7.10. The van der Waals surface area contributed by atoms with E-state index in [9.17, 15) is 23.1 Å². The van der Waals surface area contributed by atoms with E-state index in [1.54, 1.807) is 12.1 Å². The molecule has 3 heterocycles. The number of carbonyl (C=O) groups is 1. The van der Waals surface area contributed by atoms with E-state index in [0.29, 0.717) is 37.1 Å². The predicted octanol–water partition coefficient (Wildman–Crippen LogP) is 4.52. The molecule has 0 aliphatic carbocycles. The Balaban J connectivity index is 1.50. The van der Waals surface area contributed by atoms with Crippen LogP contribution in [0.4, 0.5) is 18.9 Å². The van der Waals surface area contributed by atoms with Gasteiger partial charge in [0.2, 0.25) is 0 Å². The van der Waals surface area contributed by atoms with Gasteiger partial charge >= 0.3 is 6.18 Å². The first kappa shape index (κ1) is 24.0. The van der Waals surface area contributed by atoms with Gasteiger partial charge in [0.1, 0.15) is 5.78 Å². The lowest BCUT2D eigenvalue weighted by Gasteiger charge is -2.39. The quantitative estimate of drug-likeness (QED) is 0.707. The summed E-state index contributed by atoms with van der Waals surface area (Å²) in [5.41, 5.74) is -0.967. The van der Waals surface area contributed by atoms with Gasteiger partial charge in [-0.05, 0) is 62.4 Å². The van der Waals surface area contributed by atoms with Crippen molar-refractivity contribution in [3.05, 3.63) is 36.0 Å². The van der Waals surface area contributed by atoms with Crippen LogP contribution < -0.4 is 4.90 Å². The zero-order chi connectivity index (χ0) is 23.8. The van der Waals surface area contributed by atoms with Crippen LogP contribution >= 0.6 is 0 Å². The highest BCUT2D eigenvalue weighted by Gasteiger charge is 2.36. The molecule has 2 saturated heterocycles. The normalized spacial score (nSPS) is 24.2. The lowest BCUT2D eigenvalue weighted by atomic mass is 9.82. The van der Waals surface area contributed by atoms with Crippen molar-refractivity contribution in [1.29, 1.82) is 0 Å². The van der Waals surface area contributed by atoms with Crippen molar-refractivity contribution in [3.8, 4) is 0 Å². The van der Waals surface area contributed by atoms with Crippen molar-refractivity contribution < 1.29 is 23.1 Å². The molecule has 1 N–H and O–H groups in total. The number of pyridine rings is 1. The second kappa shape index (κ2) is 9.22. The minimum Gasteiger partial charge on any atom is -0.389 e. The molecule has 2 atom stereocenters. The van der Waals surface area contributed by atoms with Crippen molar-refractivity contribution in [1.82, 2.24) is 9.88 Å². The summed E-state index contributed by atoms with van der Waals surface area (Å²) >= 11 is 0. The highest BCUT2D eigenvalue weighted by Crippen LogP contribution is 2.39. The van der Waals surface area contributed by atoms with Gasteiger partial charge in [0.05, 0.1) is 16.7 Å². The number of carbonyl (C=O) groups excluding carboxylic acids is 1. The Morgan fingerprint density at radius 2 is 1.94 bits per heavy atom. The van der Waals surface area contributed by atoms with E-state index in [-0.39, 0.29) is 23.6 Å². The number of anilines is 1. The minimum atomic E-state index is -4.47. The van der Waals surface area contributed by atoms with Crippen LogP contribution in [0, 0.1) is 11.8 Å². The number of Topliss-reactive ketones (excluding diaryl/α,β-unsaturated/α-hetero) is 1. The van der Waals surface area contributed by atoms with Crippen molar-refractivity contribution in [2.24, 2.45) is 11.8 Å². The average molecular weight is 464 g/mol. The monoisotopic (exact) mass is 463 g/mol. The van der Waals surface area contributed by atoms with E-state index < -0.39 is 17.3 Å². The Hall–Kier alpha value is -2.19. The fourth-order valence-electron chi connectivity index (χ4n) is 5.46. The number of alkyl halides is 3. The molecule has 0 spiro atoms. The van der Waals surface area contributed by atoms with E-state index in [1.165, 1.54) is 12.3 Å². The molecule has 0 bridgehead atoms. The van der Waals surface area contributed by atoms with E-state index in [1.807, 2.05) is 7.05 Å². The van der Waals surface area contributed by atoms with Crippen molar-refractivity contribution >= 4 is 22.4 Å². The molecule has 0 unspecified atom stereocenters. The summed E-state index contributed by atoms with van der Waals surface area (Å²) in [4.78, 5) is 21.1. The summed E-state index contributed by atoms with van der Waals surface area (Å²) in [6, 6.07) is 5.98. The molecule has 180 valence electrons. The molecule has 2 aliphatic heterocycles. The molecule has 2 aliphatic rings. The maximum Gasteiger partial charge on any atom is 0.418 e. The summed E-state index contributed by atoms with van der Waals surface area (Å²) in [6.45, 7) is 5.00. The van der Waals surface area contributed by atoms with Crippen molar-refractivity contribution in [2.45, 2.75) is 50.8 Å². The number of piperidine rings is 2. The summed E-state index contributed by atoms with van der Waals surface area (Å²) in [7, 11) is 2.01. The Kier molecular flexibility index (Phi) is 6.69. The number of halogens is 3. The van der Waals surface area contributed by atoms with Crippen molar-refractivity contribution in [2.75, 3.05) is 38.1 Å². The molecule has 5 nitrogen and oxygen atoms in total. The highest BCUT2D eigenvalue weighted by molar-refractivity contribution is 5.94. The number of nitrogens with zero attached hydrogens (tertiary/aromatic N) is 3. The SMILES string of the molecule is C[C@H]1C[C@@H](CC(=O)CC2(O)CCN(C)CC2)CN(c2ccc(C(F)(F)F)c3ncccc23)C1. The molecule has 0 saturated carbocycles. The van der Waals surface area contributed by atoms with Gasteiger partial charge in [-0.3, -0.25) is 9.78 Å². The standard InChI is InChI=1S/C25H32F3N3O2/c1-17-12-18(13-19(32)14-24(33)7-10-30(2)11-8-24)16-31(15-17)22-6-5-21(25(26,27)28)23-20(22)4-3-9-29-23/h3-6,9,17-18,33H,7-8,10-16H2,1-2H3/t17-,18-/m0/s1. The van der Waals surface area contributed by atoms with Crippen LogP contribution in [-0.4, -0.2) is 59.6 Å². The number of benzene rings is 1. The summed E-state index contributed by atoms with van der Waals surface area (Å²) in [5.74, 6) is 0.474. The van der Waals surface area contributed by atoms with Crippen LogP contribution in [0.15, 0.2) is 30.5 Å². The zero-order valence-corrected chi connectivity index (χ0v) is 19.2. The Bertz CT molecular complexity index is 1000. The van der Waals surface area contributed by atoms with E-state index in [4.69, 9.17) is 0 Å². The number of rotatable bonds is 5. The van der Waals surface area contributed by atoms with Gasteiger partial charge in [-0.1, -0.05) is 6.92 Å². The lowest BCUT2D eigenvalue weighted by Crippen LogP contribution is -2.45. The van der Waals surface area contributed by atoms with Crippen LogP contribution in [0.3, 0.4) is 0 Å². The van der Waals surface area contributed by atoms with Gasteiger partial charge in [-0.2, -0.15) is 13.2 Å². The van der Waals surface area contributed by atoms with Crippen LogP contribution in [0.25, 0.3) is 10.9 Å². The Morgan fingerprint density at radius 1 is 1.21 bits per heavy atom. The van der Waals surface area contributed by atoms with Gasteiger partial charge < -0.3 is 14.9 Å². The summed E-state index contributed by atoms with van der Waals surface area (Å²) in [6.07, 6.45) is -0.423. The number of aliphatic hydroxyl groups is 1. The fraction of sp³-hybridized carbons (Fsp3) is 0.600. The molecule has 1 aromatic carbocycles. The zero-order valence-electron chi connectivity index (χ0n) is 19.2. The minimum absolute atomic E-state index is 0.0437. The van der Waals surface area contributed by atoms with E-state index in [2.05, 4.69) is 21.7 Å². The second-order valence-corrected chi connectivity index (χ2v) is 10.1. The number of ketones is 1. The molecule has 8 heteroatoms. The smallest absolute Gasteiger partial charge is 0.389 e. The molecular weight excluding hydrogens is 431 g/mol. The van der Waals surface area contributed by atoms with Crippen molar-refractivity contribution in [3.63, 3.8) is 0 Å². The maximum absolute atomic E-state index is 13.5. The molecule has 33 heavy (non-hydrogen) atoms. The molecule has 2 fully saturated rings. The third-order valence-corrected chi connectivity index (χ3v) is 7.10. The maximum atomic E-state index is 13.5. The van der Waals surface area contributed by atoms with Crippen LogP contribution in [-0.2, 0) is 11.0 Å². The van der Waals surface area contributed by atoms with Gasteiger partial charge in [0.25, 0.3) is 0 Å². The second-order valence-electron chi connectivity index (χ2n) is 10.1. The van der Waals surface area contributed by atoms with Gasteiger partial charge in [-0.15, -0.1) is 0 Å². The van der Waals surface area contributed by atoms with Crippen LogP contribution in [0.2, 0.25) is 0 Å². The van der Waals surface area contributed by atoms with Crippen LogP contribution in [0.1, 0.15) is 44.6 Å². The molecular formula is C25H32F3N3O2. The molecule has 0 amide bonds. The Morgan fingerprint density at radius 3 is 2.64 bits per heavy atom. The topological polar surface area (TPSA) is 56.7 Å². The fourth-order valence-corrected chi connectivity index (χ4v) is 5.46. The average Bonchev–Trinajstić information content (AvgIpc) is 2.74. The first-order chi connectivity index (χ1) is 15.5. The molecule has 0 radical (unpaired) electrons. The number of hydrogen-bond acceptors (Lipinski definition) is 5. The third kappa shape index (κ3) is 5.49. The predicted molar refractivity (Wildman–Crippen MR) is 122 cm³/mol. The number of hydrogen-bond donors (Lipinski definition) is 1. The van der Waals surface area contributed by atoms with Crippen LogP contribution in [0.5, 0.6) is 0 Å². The summed E-state index contributed by atoms with van der Waals surface area (Å²) < 4.78 is 40.5. The molecule has 2 aromatic rings. The van der Waals surface area contributed by atoms with E-state index in [0.717, 1.165) is 37.8 Å². The van der Waals surface area contributed by atoms with Gasteiger partial charge in [-0.25, -0.2) is 0 Å². The number of fused-ring (bicyclic) bond motifs is 1.